The van der Waals surface area contributed by atoms with Crippen LogP contribution >= 0.6 is 0 Å². The monoisotopic (exact) mass is 180 g/mol. The molecule has 2 unspecified atom stereocenters. The Balaban J connectivity index is 2.90. The van der Waals surface area contributed by atoms with Gasteiger partial charge in [0.15, 0.2) is 0 Å². The van der Waals surface area contributed by atoms with Crippen molar-refractivity contribution in [2.45, 2.75) is 19.3 Å². The van der Waals surface area contributed by atoms with Crippen molar-refractivity contribution in [3.8, 4) is 0 Å². The molecule has 1 aliphatic rings. The van der Waals surface area contributed by atoms with Crippen LogP contribution < -0.4 is 0 Å². The summed E-state index contributed by atoms with van der Waals surface area (Å²) in [7, 11) is 0. The summed E-state index contributed by atoms with van der Waals surface area (Å²) in [4.78, 5) is 0. The molecule has 0 spiro atoms. The molecule has 0 N–H and O–H groups in total. The first-order chi connectivity index (χ1) is 5.43. The van der Waals surface area contributed by atoms with Gasteiger partial charge in [0.1, 0.15) is 6.17 Å². The third kappa shape index (κ3) is 1.68. The van der Waals surface area contributed by atoms with Gasteiger partial charge in [0.25, 0.3) is 0 Å². The van der Waals surface area contributed by atoms with Gasteiger partial charge in [-0.2, -0.15) is 13.2 Å². The zero-order valence-electron chi connectivity index (χ0n) is 6.40. The van der Waals surface area contributed by atoms with Crippen LogP contribution in [0.15, 0.2) is 23.8 Å². The second kappa shape index (κ2) is 2.92. The largest absolute Gasteiger partial charge is 0.415 e. The van der Waals surface area contributed by atoms with Gasteiger partial charge < -0.3 is 0 Å². The molecule has 1 aliphatic carbocycles. The van der Waals surface area contributed by atoms with Crippen molar-refractivity contribution < 1.29 is 17.6 Å². The molecule has 4 heteroatoms. The molecule has 0 saturated carbocycles. The predicted molar refractivity (Wildman–Crippen MR) is 37.3 cm³/mol. The van der Waals surface area contributed by atoms with Crippen LogP contribution in [-0.4, -0.2) is 12.3 Å². The first kappa shape index (κ1) is 9.29. The highest BCUT2D eigenvalue weighted by molar-refractivity contribution is 5.27. The Labute approximate surface area is 67.6 Å². The highest BCUT2D eigenvalue weighted by Crippen LogP contribution is 2.35. The second-order valence-corrected chi connectivity index (χ2v) is 2.77. The first-order valence-electron chi connectivity index (χ1n) is 3.52. The number of halogens is 4. The third-order valence-electron chi connectivity index (χ3n) is 1.78. The van der Waals surface area contributed by atoms with E-state index in [1.807, 2.05) is 0 Å². The minimum absolute atomic E-state index is 0.688. The maximum absolute atomic E-state index is 12.9. The van der Waals surface area contributed by atoms with Crippen LogP contribution in [0.4, 0.5) is 17.6 Å². The molecule has 1 rings (SSSR count). The molecular weight excluding hydrogens is 172 g/mol. The molecule has 0 amide bonds. The molecule has 0 aromatic rings. The van der Waals surface area contributed by atoms with Gasteiger partial charge in [0.2, 0.25) is 0 Å². The van der Waals surface area contributed by atoms with Gasteiger partial charge >= 0.3 is 6.18 Å². The van der Waals surface area contributed by atoms with E-state index < -0.39 is 23.8 Å². The number of alkyl halides is 4. The van der Waals surface area contributed by atoms with Gasteiger partial charge in [0.05, 0.1) is 5.57 Å². The van der Waals surface area contributed by atoms with E-state index in [-0.39, 0.29) is 0 Å². The van der Waals surface area contributed by atoms with E-state index in [0.29, 0.717) is 0 Å². The summed E-state index contributed by atoms with van der Waals surface area (Å²) in [5.41, 5.74) is -1.09. The Morgan fingerprint density at radius 1 is 1.33 bits per heavy atom. The SMILES string of the molecule is CC1C=CC=C(C(F)(F)F)C1F. The zero-order valence-corrected chi connectivity index (χ0v) is 6.40. The Morgan fingerprint density at radius 3 is 2.33 bits per heavy atom. The van der Waals surface area contributed by atoms with Crippen LogP contribution in [-0.2, 0) is 0 Å². The van der Waals surface area contributed by atoms with Gasteiger partial charge in [-0.3, -0.25) is 0 Å². The number of allylic oxidation sites excluding steroid dienone is 4. The summed E-state index contributed by atoms with van der Waals surface area (Å²) >= 11 is 0. The highest BCUT2D eigenvalue weighted by atomic mass is 19.4. The summed E-state index contributed by atoms with van der Waals surface area (Å²) in [6.07, 6.45) is -3.03. The van der Waals surface area contributed by atoms with E-state index in [1.165, 1.54) is 19.1 Å². The Hall–Kier alpha value is -0.800. The lowest BCUT2D eigenvalue weighted by Crippen LogP contribution is -2.26. The van der Waals surface area contributed by atoms with Gasteiger partial charge in [-0.05, 0) is 0 Å². The standard InChI is InChI=1S/C8H8F4/c1-5-3-2-4-6(7(5)9)8(10,11)12/h2-5,7H,1H3. The summed E-state index contributed by atoms with van der Waals surface area (Å²) in [6, 6.07) is 0. The molecule has 0 heterocycles. The van der Waals surface area contributed by atoms with Gasteiger partial charge in [0, 0.05) is 5.92 Å². The third-order valence-corrected chi connectivity index (χ3v) is 1.78. The van der Waals surface area contributed by atoms with Gasteiger partial charge in [-0.25, -0.2) is 4.39 Å². The average Bonchev–Trinajstić information content (AvgIpc) is 1.92. The maximum Gasteiger partial charge on any atom is 0.415 e. The number of hydrogen-bond acceptors (Lipinski definition) is 0. The second-order valence-electron chi connectivity index (χ2n) is 2.77. The summed E-state index contributed by atoms with van der Waals surface area (Å²) in [5, 5.41) is 0. The maximum atomic E-state index is 12.9. The molecular formula is C8H8F4. The highest BCUT2D eigenvalue weighted by Gasteiger charge is 2.41. The average molecular weight is 180 g/mol. The van der Waals surface area contributed by atoms with Crippen molar-refractivity contribution >= 4 is 0 Å². The van der Waals surface area contributed by atoms with Crippen molar-refractivity contribution in [1.29, 1.82) is 0 Å². The van der Waals surface area contributed by atoms with E-state index in [9.17, 15) is 17.6 Å². The summed E-state index contributed by atoms with van der Waals surface area (Å²) < 4.78 is 49.0. The first-order valence-corrected chi connectivity index (χ1v) is 3.52. The molecule has 68 valence electrons. The van der Waals surface area contributed by atoms with Gasteiger partial charge in [-0.1, -0.05) is 25.2 Å². The van der Waals surface area contributed by atoms with E-state index >= 15 is 0 Å². The van der Waals surface area contributed by atoms with Crippen LogP contribution in [0.2, 0.25) is 0 Å². The molecule has 0 radical (unpaired) electrons. The quantitative estimate of drug-likeness (QED) is 0.502. The van der Waals surface area contributed by atoms with Gasteiger partial charge in [-0.15, -0.1) is 0 Å². The van der Waals surface area contributed by atoms with Crippen LogP contribution in [0.3, 0.4) is 0 Å². The molecule has 0 aliphatic heterocycles. The summed E-state index contributed by atoms with van der Waals surface area (Å²) in [5.74, 6) is -0.688. The molecule has 0 aromatic heterocycles. The number of hydrogen-bond donors (Lipinski definition) is 0. The van der Waals surface area contributed by atoms with Crippen molar-refractivity contribution in [2.75, 3.05) is 0 Å². The summed E-state index contributed by atoms with van der Waals surface area (Å²) in [6.45, 7) is 1.42. The van der Waals surface area contributed by atoms with E-state index in [2.05, 4.69) is 0 Å². The fourth-order valence-corrected chi connectivity index (χ4v) is 1.06. The molecule has 0 nitrogen and oxygen atoms in total. The topological polar surface area (TPSA) is 0 Å². The van der Waals surface area contributed by atoms with Crippen LogP contribution in [0.5, 0.6) is 0 Å². The fraction of sp³-hybridized carbons (Fsp3) is 0.500. The minimum atomic E-state index is -4.54. The number of rotatable bonds is 0. The van der Waals surface area contributed by atoms with E-state index in [1.54, 1.807) is 0 Å². The molecule has 12 heavy (non-hydrogen) atoms. The molecule has 0 fully saturated rings. The molecule has 0 saturated heterocycles. The minimum Gasteiger partial charge on any atom is -0.242 e. The smallest absolute Gasteiger partial charge is 0.242 e. The lowest BCUT2D eigenvalue weighted by atomic mass is 9.93. The fourth-order valence-electron chi connectivity index (χ4n) is 1.06. The van der Waals surface area contributed by atoms with Crippen molar-refractivity contribution in [2.24, 2.45) is 5.92 Å². The van der Waals surface area contributed by atoms with Crippen molar-refractivity contribution in [3.63, 3.8) is 0 Å². The van der Waals surface area contributed by atoms with Crippen LogP contribution in [0, 0.1) is 5.92 Å². The van der Waals surface area contributed by atoms with Crippen molar-refractivity contribution in [3.05, 3.63) is 23.8 Å². The lowest BCUT2D eigenvalue weighted by molar-refractivity contribution is -0.102. The Morgan fingerprint density at radius 2 is 1.92 bits per heavy atom. The van der Waals surface area contributed by atoms with E-state index in [4.69, 9.17) is 0 Å². The normalized spacial score (nSPS) is 30.2. The predicted octanol–water partition coefficient (Wildman–Crippen LogP) is 3.02. The molecule has 0 aromatic carbocycles. The van der Waals surface area contributed by atoms with Crippen molar-refractivity contribution in [1.82, 2.24) is 0 Å². The molecule has 2 atom stereocenters. The van der Waals surface area contributed by atoms with Crippen LogP contribution in [0.25, 0.3) is 0 Å². The Bertz CT molecular complexity index is 224. The molecule has 0 bridgehead atoms. The Kier molecular flexibility index (Phi) is 2.26. The van der Waals surface area contributed by atoms with Crippen LogP contribution in [0.1, 0.15) is 6.92 Å². The zero-order chi connectivity index (χ0) is 9.35. The lowest BCUT2D eigenvalue weighted by Gasteiger charge is -2.21. The van der Waals surface area contributed by atoms with E-state index in [0.717, 1.165) is 6.08 Å².